The number of carbonyl (C=O) groups excluding carboxylic acids is 1. The zero-order valence-corrected chi connectivity index (χ0v) is 13.2. The number of hydrogen-bond donors (Lipinski definition) is 2. The summed E-state index contributed by atoms with van der Waals surface area (Å²) in [5.74, 6) is 0.988. The van der Waals surface area contributed by atoms with E-state index in [-0.39, 0.29) is 11.9 Å². The van der Waals surface area contributed by atoms with Crippen LogP contribution in [0.5, 0.6) is 0 Å². The summed E-state index contributed by atoms with van der Waals surface area (Å²) in [5, 5.41) is 6.51. The summed E-state index contributed by atoms with van der Waals surface area (Å²) >= 11 is 0. The van der Waals surface area contributed by atoms with Gasteiger partial charge in [0.05, 0.1) is 6.04 Å². The van der Waals surface area contributed by atoms with Crippen molar-refractivity contribution in [3.8, 4) is 0 Å². The minimum Gasteiger partial charge on any atom is -0.355 e. The molecule has 0 aromatic rings. The SMILES string of the molecule is CCCCNC(=O)C(C)N(CC1CCNCC1)C1CC1. The van der Waals surface area contributed by atoms with E-state index < -0.39 is 0 Å². The van der Waals surface area contributed by atoms with Gasteiger partial charge in [-0.05, 0) is 58.0 Å². The predicted octanol–water partition coefficient (Wildman–Crippen LogP) is 1.76. The van der Waals surface area contributed by atoms with Gasteiger partial charge in [-0.1, -0.05) is 13.3 Å². The number of hydrogen-bond acceptors (Lipinski definition) is 3. The van der Waals surface area contributed by atoms with Gasteiger partial charge in [0.25, 0.3) is 0 Å². The van der Waals surface area contributed by atoms with Crippen molar-refractivity contribution in [3.63, 3.8) is 0 Å². The molecule has 0 aromatic carbocycles. The molecular formula is C16H31N3O. The van der Waals surface area contributed by atoms with Gasteiger partial charge < -0.3 is 10.6 Å². The second kappa shape index (κ2) is 7.99. The van der Waals surface area contributed by atoms with Gasteiger partial charge in [0.2, 0.25) is 5.91 Å². The Morgan fingerprint density at radius 3 is 2.60 bits per heavy atom. The first kappa shape index (κ1) is 15.8. The van der Waals surface area contributed by atoms with E-state index in [1.807, 2.05) is 0 Å². The highest BCUT2D eigenvalue weighted by atomic mass is 16.2. The van der Waals surface area contributed by atoms with Crippen LogP contribution in [0.4, 0.5) is 0 Å². The Labute approximate surface area is 123 Å². The lowest BCUT2D eigenvalue weighted by Gasteiger charge is -2.33. The summed E-state index contributed by atoms with van der Waals surface area (Å²) in [6, 6.07) is 0.700. The first-order valence-corrected chi connectivity index (χ1v) is 8.46. The Balaban J connectivity index is 1.81. The Kier molecular flexibility index (Phi) is 6.30. The molecule has 20 heavy (non-hydrogen) atoms. The van der Waals surface area contributed by atoms with Gasteiger partial charge in [0, 0.05) is 19.1 Å². The summed E-state index contributed by atoms with van der Waals surface area (Å²) in [7, 11) is 0. The van der Waals surface area contributed by atoms with Crippen molar-refractivity contribution in [1.29, 1.82) is 0 Å². The van der Waals surface area contributed by atoms with Crippen molar-refractivity contribution < 1.29 is 4.79 Å². The summed E-state index contributed by atoms with van der Waals surface area (Å²) in [4.78, 5) is 14.7. The highest BCUT2D eigenvalue weighted by Gasteiger charge is 2.36. The average molecular weight is 281 g/mol. The number of nitrogens with one attached hydrogen (secondary N) is 2. The van der Waals surface area contributed by atoms with E-state index in [9.17, 15) is 4.79 Å². The number of carbonyl (C=O) groups is 1. The molecule has 4 nitrogen and oxygen atoms in total. The van der Waals surface area contributed by atoms with Crippen LogP contribution < -0.4 is 10.6 Å². The fourth-order valence-corrected chi connectivity index (χ4v) is 3.08. The molecule has 1 saturated carbocycles. The maximum atomic E-state index is 12.3. The number of unbranched alkanes of at least 4 members (excludes halogenated alkanes) is 1. The minimum atomic E-state index is 0.0363. The van der Waals surface area contributed by atoms with E-state index in [0.717, 1.165) is 44.9 Å². The average Bonchev–Trinajstić information content (AvgIpc) is 3.30. The molecule has 0 aromatic heterocycles. The zero-order chi connectivity index (χ0) is 14.4. The molecule has 116 valence electrons. The molecule has 1 heterocycles. The lowest BCUT2D eigenvalue weighted by atomic mass is 9.96. The van der Waals surface area contributed by atoms with Crippen LogP contribution in [-0.2, 0) is 4.79 Å². The van der Waals surface area contributed by atoms with Crippen molar-refractivity contribution in [2.75, 3.05) is 26.2 Å². The Bertz CT molecular complexity index is 298. The fraction of sp³-hybridized carbons (Fsp3) is 0.938. The Morgan fingerprint density at radius 2 is 2.00 bits per heavy atom. The van der Waals surface area contributed by atoms with E-state index in [0.29, 0.717) is 6.04 Å². The molecule has 1 amide bonds. The first-order valence-electron chi connectivity index (χ1n) is 8.46. The standard InChI is InChI=1S/C16H31N3O/c1-3-4-9-18-16(20)13(2)19(15-5-6-15)12-14-7-10-17-11-8-14/h13-15,17H,3-12H2,1-2H3,(H,18,20). The van der Waals surface area contributed by atoms with Gasteiger partial charge in [0.15, 0.2) is 0 Å². The molecule has 2 fully saturated rings. The van der Waals surface area contributed by atoms with Gasteiger partial charge in [-0.2, -0.15) is 0 Å². The molecule has 1 aliphatic carbocycles. The van der Waals surface area contributed by atoms with Crippen LogP contribution in [0.2, 0.25) is 0 Å². The molecule has 1 unspecified atom stereocenters. The monoisotopic (exact) mass is 281 g/mol. The number of piperidine rings is 1. The van der Waals surface area contributed by atoms with Crippen molar-refractivity contribution in [2.24, 2.45) is 5.92 Å². The number of rotatable bonds is 8. The molecule has 1 aliphatic heterocycles. The predicted molar refractivity (Wildman–Crippen MR) is 82.7 cm³/mol. The van der Waals surface area contributed by atoms with Crippen molar-refractivity contribution >= 4 is 5.91 Å². The third-order valence-electron chi connectivity index (χ3n) is 4.65. The molecule has 1 atom stereocenters. The molecule has 0 radical (unpaired) electrons. The normalized spacial score (nSPS) is 21.9. The van der Waals surface area contributed by atoms with Crippen LogP contribution in [0.15, 0.2) is 0 Å². The third-order valence-corrected chi connectivity index (χ3v) is 4.65. The Morgan fingerprint density at radius 1 is 1.30 bits per heavy atom. The second-order valence-electron chi connectivity index (χ2n) is 6.44. The molecule has 0 spiro atoms. The molecule has 1 saturated heterocycles. The lowest BCUT2D eigenvalue weighted by molar-refractivity contribution is -0.126. The summed E-state index contributed by atoms with van der Waals surface area (Å²) in [6.07, 6.45) is 7.28. The lowest BCUT2D eigenvalue weighted by Crippen LogP contribution is -2.49. The summed E-state index contributed by atoms with van der Waals surface area (Å²) < 4.78 is 0. The van der Waals surface area contributed by atoms with Gasteiger partial charge in [0.1, 0.15) is 0 Å². The fourth-order valence-electron chi connectivity index (χ4n) is 3.08. The maximum Gasteiger partial charge on any atom is 0.237 e. The van der Waals surface area contributed by atoms with Crippen LogP contribution in [0, 0.1) is 5.92 Å². The second-order valence-corrected chi connectivity index (χ2v) is 6.44. The first-order chi connectivity index (χ1) is 9.72. The smallest absolute Gasteiger partial charge is 0.237 e. The van der Waals surface area contributed by atoms with Crippen molar-refractivity contribution in [1.82, 2.24) is 15.5 Å². The van der Waals surface area contributed by atoms with E-state index in [1.165, 1.54) is 25.7 Å². The summed E-state index contributed by atoms with van der Waals surface area (Å²) in [5.41, 5.74) is 0. The molecule has 0 bridgehead atoms. The maximum absolute atomic E-state index is 12.3. The Hall–Kier alpha value is -0.610. The van der Waals surface area contributed by atoms with Crippen LogP contribution in [0.25, 0.3) is 0 Å². The van der Waals surface area contributed by atoms with E-state index >= 15 is 0 Å². The van der Waals surface area contributed by atoms with Crippen LogP contribution in [0.3, 0.4) is 0 Å². The molecule has 4 heteroatoms. The number of amides is 1. The highest BCUT2D eigenvalue weighted by Crippen LogP contribution is 2.30. The van der Waals surface area contributed by atoms with E-state index in [4.69, 9.17) is 0 Å². The van der Waals surface area contributed by atoms with Gasteiger partial charge in [-0.25, -0.2) is 0 Å². The zero-order valence-electron chi connectivity index (χ0n) is 13.2. The molecule has 2 N–H and O–H groups in total. The van der Waals surface area contributed by atoms with Crippen molar-refractivity contribution in [3.05, 3.63) is 0 Å². The third kappa shape index (κ3) is 4.74. The molecule has 2 aliphatic rings. The minimum absolute atomic E-state index is 0.0363. The topological polar surface area (TPSA) is 44.4 Å². The molecule has 2 rings (SSSR count). The van der Waals surface area contributed by atoms with E-state index in [2.05, 4.69) is 29.4 Å². The highest BCUT2D eigenvalue weighted by molar-refractivity contribution is 5.81. The largest absolute Gasteiger partial charge is 0.355 e. The van der Waals surface area contributed by atoms with Gasteiger partial charge >= 0.3 is 0 Å². The van der Waals surface area contributed by atoms with Crippen LogP contribution in [-0.4, -0.2) is 49.1 Å². The van der Waals surface area contributed by atoms with Crippen LogP contribution in [0.1, 0.15) is 52.4 Å². The summed E-state index contributed by atoms with van der Waals surface area (Å²) in [6.45, 7) is 8.45. The van der Waals surface area contributed by atoms with Crippen molar-refractivity contribution in [2.45, 2.75) is 64.5 Å². The quantitative estimate of drug-likeness (QED) is 0.666. The van der Waals surface area contributed by atoms with Crippen LogP contribution >= 0.6 is 0 Å². The van der Waals surface area contributed by atoms with Gasteiger partial charge in [-0.3, -0.25) is 9.69 Å². The number of nitrogens with zero attached hydrogens (tertiary/aromatic N) is 1. The molecular weight excluding hydrogens is 250 g/mol. The van der Waals surface area contributed by atoms with Gasteiger partial charge in [-0.15, -0.1) is 0 Å². The van der Waals surface area contributed by atoms with E-state index in [1.54, 1.807) is 0 Å².